The fourth-order valence-corrected chi connectivity index (χ4v) is 2.55. The molecule has 5 heteroatoms. The lowest BCUT2D eigenvalue weighted by Gasteiger charge is -2.05. The number of anilines is 2. The summed E-state index contributed by atoms with van der Waals surface area (Å²) < 4.78 is 0.893. The van der Waals surface area contributed by atoms with E-state index in [1.165, 1.54) is 6.08 Å². The Bertz CT molecular complexity index is 653. The summed E-state index contributed by atoms with van der Waals surface area (Å²) in [5, 5.41) is 3.45. The topological polar surface area (TPSA) is 55.1 Å². The lowest BCUT2D eigenvalue weighted by Crippen LogP contribution is -2.08. The number of nitrogens with one attached hydrogen (secondary N) is 1. The van der Waals surface area contributed by atoms with Gasteiger partial charge in [0.15, 0.2) is 0 Å². The molecule has 0 saturated heterocycles. The number of carbonyl (C=O) groups excluding carboxylic acids is 1. The number of nitrogens with two attached hydrogens (primary N) is 1. The second kappa shape index (κ2) is 6.76. The highest BCUT2D eigenvalue weighted by atomic mass is 127. The van der Waals surface area contributed by atoms with Gasteiger partial charge in [0.05, 0.1) is 5.69 Å². The minimum Gasteiger partial charge on any atom is -0.399 e. The predicted octanol–water partition coefficient (Wildman–Crippen LogP) is 4.18. The average Bonchev–Trinajstić information content (AvgIpc) is 2.41. The van der Waals surface area contributed by atoms with Crippen LogP contribution in [0.3, 0.4) is 0 Å². The molecule has 102 valence electrons. The molecule has 1 amide bonds. The van der Waals surface area contributed by atoms with Gasteiger partial charge in [-0.05, 0) is 64.6 Å². The van der Waals surface area contributed by atoms with Crippen LogP contribution in [0.4, 0.5) is 11.4 Å². The Morgan fingerprint density at radius 2 is 1.90 bits per heavy atom. The van der Waals surface area contributed by atoms with Crippen LogP contribution in [0, 0.1) is 3.57 Å². The van der Waals surface area contributed by atoms with Crippen molar-refractivity contribution >= 4 is 57.5 Å². The predicted molar refractivity (Wildman–Crippen MR) is 92.7 cm³/mol. The summed E-state index contributed by atoms with van der Waals surface area (Å²) in [6.07, 6.45) is 3.22. The Morgan fingerprint density at radius 3 is 2.55 bits per heavy atom. The monoisotopic (exact) mass is 398 g/mol. The number of nitrogen functional groups attached to an aromatic ring is 1. The van der Waals surface area contributed by atoms with Crippen LogP contribution in [-0.4, -0.2) is 5.91 Å². The number of amides is 1. The maximum atomic E-state index is 11.8. The first-order valence-corrected chi connectivity index (χ1v) is 7.30. The van der Waals surface area contributed by atoms with Crippen molar-refractivity contribution in [2.24, 2.45) is 0 Å². The van der Waals surface area contributed by atoms with Crippen molar-refractivity contribution in [2.75, 3.05) is 11.1 Å². The van der Waals surface area contributed by atoms with Crippen LogP contribution >= 0.6 is 34.2 Å². The smallest absolute Gasteiger partial charge is 0.248 e. The fraction of sp³-hybridized carbons (Fsp3) is 0. The van der Waals surface area contributed by atoms with Crippen LogP contribution in [0.2, 0.25) is 5.02 Å². The third kappa shape index (κ3) is 4.25. The summed E-state index contributed by atoms with van der Waals surface area (Å²) in [7, 11) is 0. The van der Waals surface area contributed by atoms with E-state index in [0.29, 0.717) is 10.7 Å². The van der Waals surface area contributed by atoms with Gasteiger partial charge in [-0.15, -0.1) is 0 Å². The molecule has 2 rings (SSSR count). The highest BCUT2D eigenvalue weighted by molar-refractivity contribution is 14.1. The first-order chi connectivity index (χ1) is 9.54. The number of carbonyl (C=O) groups is 1. The van der Waals surface area contributed by atoms with E-state index in [9.17, 15) is 4.79 Å². The summed E-state index contributed by atoms with van der Waals surface area (Å²) in [6.45, 7) is 0. The third-order valence-corrected chi connectivity index (χ3v) is 3.68. The van der Waals surface area contributed by atoms with E-state index in [2.05, 4.69) is 27.9 Å². The highest BCUT2D eigenvalue weighted by Crippen LogP contribution is 2.22. The van der Waals surface area contributed by atoms with E-state index in [0.717, 1.165) is 14.8 Å². The van der Waals surface area contributed by atoms with Crippen LogP contribution in [0.1, 0.15) is 5.56 Å². The first-order valence-electron chi connectivity index (χ1n) is 5.84. The van der Waals surface area contributed by atoms with Gasteiger partial charge >= 0.3 is 0 Å². The van der Waals surface area contributed by atoms with Gasteiger partial charge in [-0.3, -0.25) is 4.79 Å². The quantitative estimate of drug-likeness (QED) is 0.463. The number of rotatable bonds is 3. The molecule has 0 saturated carbocycles. The Labute approximate surface area is 136 Å². The van der Waals surface area contributed by atoms with Crippen LogP contribution < -0.4 is 11.1 Å². The van der Waals surface area contributed by atoms with Gasteiger partial charge in [0, 0.05) is 20.4 Å². The van der Waals surface area contributed by atoms with Crippen LogP contribution in [0.15, 0.2) is 48.5 Å². The molecular formula is C15H12ClIN2O. The van der Waals surface area contributed by atoms with Crippen molar-refractivity contribution in [1.82, 2.24) is 0 Å². The molecule has 0 unspecified atom stereocenters. The molecule has 3 nitrogen and oxygen atoms in total. The van der Waals surface area contributed by atoms with Gasteiger partial charge in [0.2, 0.25) is 5.91 Å². The Hall–Kier alpha value is -1.53. The molecule has 0 spiro atoms. The normalized spacial score (nSPS) is 10.7. The van der Waals surface area contributed by atoms with E-state index in [-0.39, 0.29) is 5.91 Å². The zero-order valence-corrected chi connectivity index (χ0v) is 13.4. The summed E-state index contributed by atoms with van der Waals surface area (Å²) in [4.78, 5) is 11.8. The number of hydrogen-bond donors (Lipinski definition) is 2. The van der Waals surface area contributed by atoms with E-state index < -0.39 is 0 Å². The molecule has 0 aliphatic carbocycles. The lowest BCUT2D eigenvalue weighted by atomic mass is 10.2. The molecule has 0 aliphatic rings. The summed E-state index contributed by atoms with van der Waals surface area (Å²) in [5.41, 5.74) is 7.95. The van der Waals surface area contributed by atoms with E-state index in [1.807, 2.05) is 12.1 Å². The van der Waals surface area contributed by atoms with Crippen molar-refractivity contribution in [3.63, 3.8) is 0 Å². The van der Waals surface area contributed by atoms with Crippen LogP contribution in [-0.2, 0) is 4.79 Å². The fourth-order valence-electron chi connectivity index (χ4n) is 1.54. The average molecular weight is 399 g/mol. The molecule has 0 radical (unpaired) electrons. The molecule has 0 heterocycles. The number of hydrogen-bond acceptors (Lipinski definition) is 2. The molecule has 0 bridgehead atoms. The van der Waals surface area contributed by atoms with Crippen molar-refractivity contribution in [1.29, 1.82) is 0 Å². The van der Waals surface area contributed by atoms with Crippen molar-refractivity contribution < 1.29 is 4.79 Å². The zero-order valence-electron chi connectivity index (χ0n) is 10.4. The van der Waals surface area contributed by atoms with Gasteiger partial charge < -0.3 is 11.1 Å². The molecule has 2 aromatic rings. The van der Waals surface area contributed by atoms with E-state index in [4.69, 9.17) is 17.3 Å². The molecule has 0 aliphatic heterocycles. The van der Waals surface area contributed by atoms with Crippen LogP contribution in [0.5, 0.6) is 0 Å². The second-order valence-electron chi connectivity index (χ2n) is 4.11. The minimum atomic E-state index is -0.193. The zero-order chi connectivity index (χ0) is 14.5. The molecule has 2 aromatic carbocycles. The van der Waals surface area contributed by atoms with Gasteiger partial charge in [0.25, 0.3) is 0 Å². The lowest BCUT2D eigenvalue weighted by molar-refractivity contribution is -0.111. The van der Waals surface area contributed by atoms with Gasteiger partial charge in [-0.2, -0.15) is 0 Å². The Morgan fingerprint density at radius 1 is 1.20 bits per heavy atom. The highest BCUT2D eigenvalue weighted by Gasteiger charge is 2.03. The maximum Gasteiger partial charge on any atom is 0.248 e. The van der Waals surface area contributed by atoms with Gasteiger partial charge in [-0.1, -0.05) is 23.7 Å². The number of halogens is 2. The molecular weight excluding hydrogens is 387 g/mol. The largest absolute Gasteiger partial charge is 0.399 e. The molecule has 20 heavy (non-hydrogen) atoms. The Balaban J connectivity index is 2.03. The maximum absolute atomic E-state index is 11.8. The number of benzene rings is 2. The SMILES string of the molecule is Nc1ccc(/C=C/C(=O)Nc2ccc(Cl)cc2I)cc1. The molecule has 0 atom stereocenters. The van der Waals surface area contributed by atoms with Crippen LogP contribution in [0.25, 0.3) is 6.08 Å². The second-order valence-corrected chi connectivity index (χ2v) is 5.71. The van der Waals surface area contributed by atoms with Crippen molar-refractivity contribution in [3.8, 4) is 0 Å². The first kappa shape index (κ1) is 14.9. The Kier molecular flexibility index (Phi) is 5.03. The molecule has 3 N–H and O–H groups in total. The summed E-state index contributed by atoms with van der Waals surface area (Å²) in [5.74, 6) is -0.193. The van der Waals surface area contributed by atoms with Gasteiger partial charge in [-0.25, -0.2) is 0 Å². The minimum absolute atomic E-state index is 0.193. The summed E-state index contributed by atoms with van der Waals surface area (Å²) >= 11 is 7.99. The van der Waals surface area contributed by atoms with E-state index >= 15 is 0 Å². The summed E-state index contributed by atoms with van der Waals surface area (Å²) in [6, 6.07) is 12.6. The molecule has 0 fully saturated rings. The van der Waals surface area contributed by atoms with Crippen molar-refractivity contribution in [3.05, 3.63) is 62.7 Å². The van der Waals surface area contributed by atoms with E-state index in [1.54, 1.807) is 36.4 Å². The van der Waals surface area contributed by atoms with Crippen molar-refractivity contribution in [2.45, 2.75) is 0 Å². The molecule has 0 aromatic heterocycles. The van der Waals surface area contributed by atoms with Gasteiger partial charge in [0.1, 0.15) is 0 Å². The standard InChI is InChI=1S/C15H12ClIN2O/c16-11-4-7-14(13(17)9-11)19-15(20)8-3-10-1-5-12(18)6-2-10/h1-9H,18H2,(H,19,20)/b8-3+. The third-order valence-electron chi connectivity index (χ3n) is 2.55.